The van der Waals surface area contributed by atoms with Gasteiger partial charge in [-0.05, 0) is 32.8 Å². The van der Waals surface area contributed by atoms with Crippen LogP contribution in [0, 0.1) is 6.92 Å². The molecule has 0 aliphatic heterocycles. The minimum atomic E-state index is -0.459. The monoisotopic (exact) mass is 365 g/mol. The van der Waals surface area contributed by atoms with Gasteiger partial charge in [-0.1, -0.05) is 13.3 Å². The van der Waals surface area contributed by atoms with Crippen LogP contribution in [0.15, 0.2) is 11.1 Å². The van der Waals surface area contributed by atoms with E-state index in [9.17, 15) is 14.4 Å². The quantitative estimate of drug-likeness (QED) is 0.600. The Morgan fingerprint density at radius 2 is 2.12 bits per heavy atom. The third-order valence-corrected chi connectivity index (χ3v) is 4.79. The highest BCUT2D eigenvalue weighted by atomic mass is 32.1. The smallest absolute Gasteiger partial charge is 0.348 e. The van der Waals surface area contributed by atoms with E-state index in [1.165, 1.54) is 10.9 Å². The molecule has 0 unspecified atom stereocenters. The molecule has 0 atom stereocenters. The minimum Gasteiger partial charge on any atom is -0.459 e. The Bertz CT molecular complexity index is 838. The fourth-order valence-electron chi connectivity index (χ4n) is 2.35. The number of ether oxygens (including phenoxy) is 1. The van der Waals surface area contributed by atoms with E-state index in [0.717, 1.165) is 24.2 Å². The molecule has 0 saturated heterocycles. The van der Waals surface area contributed by atoms with Crippen LogP contribution in [-0.2, 0) is 16.1 Å². The predicted molar refractivity (Wildman–Crippen MR) is 97.1 cm³/mol. The lowest BCUT2D eigenvalue weighted by Gasteiger charge is -2.07. The summed E-state index contributed by atoms with van der Waals surface area (Å²) < 4.78 is 6.47. The van der Waals surface area contributed by atoms with Crippen LogP contribution in [0.5, 0.6) is 0 Å². The summed E-state index contributed by atoms with van der Waals surface area (Å²) in [6, 6.07) is 0. The molecular formula is C17H23N3O4S. The SMILES string of the molecule is CCCCNC(=O)Cn1cnc2sc(C(=O)OC(C)C)c(C)c2c1=O. The number of nitrogens with one attached hydrogen (secondary N) is 1. The van der Waals surface area contributed by atoms with Gasteiger partial charge in [-0.15, -0.1) is 11.3 Å². The van der Waals surface area contributed by atoms with E-state index in [1.54, 1.807) is 20.8 Å². The fraction of sp³-hybridized carbons (Fsp3) is 0.529. The van der Waals surface area contributed by atoms with Gasteiger partial charge in [0.1, 0.15) is 16.3 Å². The van der Waals surface area contributed by atoms with Crippen molar-refractivity contribution >= 4 is 33.4 Å². The van der Waals surface area contributed by atoms with Crippen LogP contribution >= 0.6 is 11.3 Å². The van der Waals surface area contributed by atoms with Gasteiger partial charge in [-0.2, -0.15) is 0 Å². The second kappa shape index (κ2) is 8.24. The largest absolute Gasteiger partial charge is 0.459 e. The molecule has 0 aromatic carbocycles. The zero-order chi connectivity index (χ0) is 18.6. The maximum absolute atomic E-state index is 12.7. The second-order valence-electron chi connectivity index (χ2n) is 6.07. The summed E-state index contributed by atoms with van der Waals surface area (Å²) in [6.45, 7) is 7.76. The normalized spacial score (nSPS) is 11.1. The lowest BCUT2D eigenvalue weighted by Crippen LogP contribution is -2.32. The van der Waals surface area contributed by atoms with Gasteiger partial charge in [-0.3, -0.25) is 14.2 Å². The summed E-state index contributed by atoms with van der Waals surface area (Å²) >= 11 is 1.13. The topological polar surface area (TPSA) is 90.3 Å². The molecule has 2 heterocycles. The Balaban J connectivity index is 2.30. The fourth-order valence-corrected chi connectivity index (χ4v) is 3.37. The molecule has 25 heavy (non-hydrogen) atoms. The average Bonchev–Trinajstić information content (AvgIpc) is 2.87. The van der Waals surface area contributed by atoms with Crippen LogP contribution in [0.2, 0.25) is 0 Å². The number of nitrogens with zero attached hydrogens (tertiary/aromatic N) is 2. The van der Waals surface area contributed by atoms with Crippen LogP contribution in [-0.4, -0.2) is 34.1 Å². The van der Waals surface area contributed by atoms with Crippen molar-refractivity contribution in [1.29, 1.82) is 0 Å². The summed E-state index contributed by atoms with van der Waals surface area (Å²) in [5.74, 6) is -0.692. The number of carbonyl (C=O) groups is 2. The van der Waals surface area contributed by atoms with Gasteiger partial charge >= 0.3 is 5.97 Å². The van der Waals surface area contributed by atoms with E-state index in [0.29, 0.717) is 27.2 Å². The van der Waals surface area contributed by atoms with Gasteiger partial charge in [0.05, 0.1) is 17.8 Å². The first-order chi connectivity index (χ1) is 11.8. The molecule has 0 saturated carbocycles. The van der Waals surface area contributed by atoms with Gasteiger partial charge in [0.25, 0.3) is 5.56 Å². The third-order valence-electron chi connectivity index (χ3n) is 3.61. The summed E-state index contributed by atoms with van der Waals surface area (Å²) in [7, 11) is 0. The number of fused-ring (bicyclic) bond motifs is 1. The van der Waals surface area contributed by atoms with Crippen LogP contribution in [0.4, 0.5) is 0 Å². The van der Waals surface area contributed by atoms with Crippen molar-refractivity contribution in [3.05, 3.63) is 27.1 Å². The molecule has 2 rings (SSSR count). The lowest BCUT2D eigenvalue weighted by molar-refractivity contribution is -0.121. The van der Waals surface area contributed by atoms with Gasteiger partial charge in [0, 0.05) is 6.54 Å². The maximum atomic E-state index is 12.7. The van der Waals surface area contributed by atoms with Crippen molar-refractivity contribution in [1.82, 2.24) is 14.9 Å². The number of hydrogen-bond acceptors (Lipinski definition) is 6. The Kier molecular flexibility index (Phi) is 6.30. The van der Waals surface area contributed by atoms with E-state index < -0.39 is 5.97 Å². The number of aromatic nitrogens is 2. The molecule has 0 spiro atoms. The summed E-state index contributed by atoms with van der Waals surface area (Å²) in [4.78, 5) is 41.8. The minimum absolute atomic E-state index is 0.0907. The van der Waals surface area contributed by atoms with Crippen molar-refractivity contribution < 1.29 is 14.3 Å². The molecule has 136 valence electrons. The highest BCUT2D eigenvalue weighted by molar-refractivity contribution is 7.20. The van der Waals surface area contributed by atoms with Crippen LogP contribution in [0.3, 0.4) is 0 Å². The number of aryl methyl sites for hydroxylation is 1. The molecule has 1 N–H and O–H groups in total. The summed E-state index contributed by atoms with van der Waals surface area (Å²) in [5.41, 5.74) is 0.219. The number of esters is 1. The van der Waals surface area contributed by atoms with E-state index in [1.807, 2.05) is 6.92 Å². The second-order valence-corrected chi connectivity index (χ2v) is 7.07. The summed E-state index contributed by atoms with van der Waals surface area (Å²) in [6.07, 6.45) is 2.98. The molecule has 8 heteroatoms. The first-order valence-corrected chi connectivity index (χ1v) is 9.13. The molecular weight excluding hydrogens is 342 g/mol. The van der Waals surface area contributed by atoms with Gasteiger partial charge in [0.15, 0.2) is 0 Å². The van der Waals surface area contributed by atoms with Crippen LogP contribution in [0.1, 0.15) is 48.8 Å². The molecule has 1 amide bonds. The van der Waals surface area contributed by atoms with Crippen LogP contribution < -0.4 is 10.9 Å². The zero-order valence-electron chi connectivity index (χ0n) is 14.9. The van der Waals surface area contributed by atoms with Crippen molar-refractivity contribution in [3.8, 4) is 0 Å². The molecule has 2 aromatic rings. The number of amides is 1. The van der Waals surface area contributed by atoms with Crippen molar-refractivity contribution in [2.24, 2.45) is 0 Å². The third kappa shape index (κ3) is 4.45. The lowest BCUT2D eigenvalue weighted by atomic mass is 10.2. The number of unbranched alkanes of at least 4 members (excludes halogenated alkanes) is 1. The average molecular weight is 365 g/mol. The van der Waals surface area contributed by atoms with Gasteiger partial charge < -0.3 is 10.1 Å². The van der Waals surface area contributed by atoms with E-state index in [2.05, 4.69) is 10.3 Å². The van der Waals surface area contributed by atoms with Crippen molar-refractivity contribution in [3.63, 3.8) is 0 Å². The van der Waals surface area contributed by atoms with Gasteiger partial charge in [0.2, 0.25) is 5.91 Å². The first kappa shape index (κ1) is 19.1. The molecule has 0 aliphatic carbocycles. The highest BCUT2D eigenvalue weighted by Crippen LogP contribution is 2.27. The molecule has 0 aliphatic rings. The van der Waals surface area contributed by atoms with Crippen molar-refractivity contribution in [2.75, 3.05) is 6.54 Å². The van der Waals surface area contributed by atoms with Crippen molar-refractivity contribution in [2.45, 2.75) is 53.2 Å². The number of carbonyl (C=O) groups excluding carboxylic acids is 2. The molecule has 0 fully saturated rings. The molecule has 0 radical (unpaired) electrons. The Labute approximate surface area is 150 Å². The zero-order valence-corrected chi connectivity index (χ0v) is 15.7. The number of thiophene rings is 1. The number of rotatable bonds is 7. The Morgan fingerprint density at radius 1 is 1.40 bits per heavy atom. The first-order valence-electron chi connectivity index (χ1n) is 8.31. The summed E-state index contributed by atoms with van der Waals surface area (Å²) in [5, 5.41) is 3.13. The maximum Gasteiger partial charge on any atom is 0.348 e. The predicted octanol–water partition coefficient (Wildman–Crippen LogP) is 2.25. The van der Waals surface area contributed by atoms with Gasteiger partial charge in [-0.25, -0.2) is 9.78 Å². The Morgan fingerprint density at radius 3 is 2.76 bits per heavy atom. The van der Waals surface area contributed by atoms with E-state index >= 15 is 0 Å². The highest BCUT2D eigenvalue weighted by Gasteiger charge is 2.21. The standard InChI is InChI=1S/C17H23N3O4S/c1-5-6-7-18-12(21)8-20-9-19-15-13(16(20)22)11(4)14(25-15)17(23)24-10(2)3/h9-10H,5-8H2,1-4H3,(H,18,21). The van der Waals surface area contributed by atoms with Crippen LogP contribution in [0.25, 0.3) is 10.2 Å². The van der Waals surface area contributed by atoms with E-state index in [4.69, 9.17) is 4.74 Å². The Hall–Kier alpha value is -2.22. The molecule has 7 nitrogen and oxygen atoms in total. The number of hydrogen-bond donors (Lipinski definition) is 1. The van der Waals surface area contributed by atoms with E-state index in [-0.39, 0.29) is 24.1 Å². The molecule has 0 bridgehead atoms. The molecule has 2 aromatic heterocycles.